The van der Waals surface area contributed by atoms with E-state index in [0.717, 1.165) is 22.1 Å². The zero-order valence-electron chi connectivity index (χ0n) is 19.3. The van der Waals surface area contributed by atoms with Crippen molar-refractivity contribution < 1.29 is 14.3 Å². The first-order chi connectivity index (χ1) is 16.4. The number of carbonyl (C=O) groups excluding carboxylic acids is 1. The van der Waals surface area contributed by atoms with E-state index in [1.807, 2.05) is 62.4 Å². The molecule has 172 valence electrons. The van der Waals surface area contributed by atoms with Crippen LogP contribution in [0, 0.1) is 11.3 Å². The van der Waals surface area contributed by atoms with Crippen molar-refractivity contribution in [2.24, 2.45) is 0 Å². The topological polar surface area (TPSA) is 116 Å². The molecule has 0 radical (unpaired) electrons. The monoisotopic (exact) mass is 455 g/mol. The van der Waals surface area contributed by atoms with Crippen molar-refractivity contribution in [3.05, 3.63) is 71.7 Å². The minimum absolute atomic E-state index is 0.0200. The highest BCUT2D eigenvalue weighted by Crippen LogP contribution is 2.31. The molecule has 34 heavy (non-hydrogen) atoms. The maximum Gasteiger partial charge on any atom is 0.325 e. The van der Waals surface area contributed by atoms with Gasteiger partial charge in [-0.15, -0.1) is 5.10 Å². The zero-order valence-corrected chi connectivity index (χ0v) is 19.3. The van der Waals surface area contributed by atoms with Gasteiger partial charge in [-0.05, 0) is 41.7 Å². The molecule has 4 rings (SSSR count). The van der Waals surface area contributed by atoms with Crippen molar-refractivity contribution in [3.63, 3.8) is 0 Å². The van der Waals surface area contributed by atoms with Gasteiger partial charge in [-0.2, -0.15) is 5.26 Å². The molecule has 2 aromatic heterocycles. The molecule has 2 heterocycles. The number of aromatic nitrogens is 3. The van der Waals surface area contributed by atoms with E-state index >= 15 is 0 Å². The summed E-state index contributed by atoms with van der Waals surface area (Å²) in [5.41, 5.74) is 2.41. The van der Waals surface area contributed by atoms with Crippen LogP contribution in [0.3, 0.4) is 0 Å². The van der Waals surface area contributed by atoms with E-state index in [-0.39, 0.29) is 24.4 Å². The van der Waals surface area contributed by atoms with Crippen LogP contribution in [0.5, 0.6) is 0 Å². The van der Waals surface area contributed by atoms with Crippen molar-refractivity contribution in [2.75, 3.05) is 4.90 Å². The van der Waals surface area contributed by atoms with E-state index in [1.165, 1.54) is 11.8 Å². The van der Waals surface area contributed by atoms with Gasteiger partial charge in [0.2, 0.25) is 11.8 Å². The summed E-state index contributed by atoms with van der Waals surface area (Å²) in [6, 6.07) is 19.4. The van der Waals surface area contributed by atoms with E-state index in [1.54, 1.807) is 6.07 Å². The number of fused-ring (bicyclic) bond motifs is 1. The lowest BCUT2D eigenvalue weighted by atomic mass is 9.98. The fourth-order valence-electron chi connectivity index (χ4n) is 3.85. The lowest BCUT2D eigenvalue weighted by Crippen LogP contribution is -2.28. The average Bonchev–Trinajstić information content (AvgIpc) is 3.36. The molecule has 0 spiro atoms. The number of anilines is 1. The van der Waals surface area contributed by atoms with Crippen LogP contribution in [-0.2, 0) is 16.9 Å². The zero-order chi connectivity index (χ0) is 24.3. The third-order valence-corrected chi connectivity index (χ3v) is 6.01. The third kappa shape index (κ3) is 4.38. The minimum Gasteiger partial charge on any atom is -0.404 e. The molecule has 8 nitrogen and oxygen atoms in total. The van der Waals surface area contributed by atoms with Crippen LogP contribution in [0.4, 0.5) is 6.01 Å². The number of rotatable bonds is 7. The van der Waals surface area contributed by atoms with Crippen molar-refractivity contribution in [3.8, 4) is 17.2 Å². The van der Waals surface area contributed by atoms with Crippen molar-refractivity contribution >= 4 is 22.8 Å². The molecule has 0 saturated carbocycles. The van der Waals surface area contributed by atoms with Gasteiger partial charge in [0, 0.05) is 12.3 Å². The number of carbonyl (C=O) groups is 1. The van der Waals surface area contributed by atoms with Crippen LogP contribution in [0.25, 0.3) is 22.0 Å². The standard InChI is InChI=1S/C26H25N5O3/c1-4-26(33,5-2)24-29-30-25(34-24)31(17(3)32)16-18-11-12-21-22(19-9-7-6-8-10-19)14-20(15-27)28-23(21)13-18/h6-14,33H,4-5,16H2,1-3H3. The van der Waals surface area contributed by atoms with Gasteiger partial charge < -0.3 is 9.52 Å². The summed E-state index contributed by atoms with van der Waals surface area (Å²) in [7, 11) is 0. The predicted octanol–water partition coefficient (Wildman–Crippen LogP) is 4.72. The van der Waals surface area contributed by atoms with Gasteiger partial charge in [0.15, 0.2) is 0 Å². The maximum atomic E-state index is 12.4. The van der Waals surface area contributed by atoms with Crippen LogP contribution < -0.4 is 4.90 Å². The van der Waals surface area contributed by atoms with Gasteiger partial charge in [0.05, 0.1) is 12.1 Å². The van der Waals surface area contributed by atoms with Gasteiger partial charge in [-0.1, -0.05) is 61.4 Å². The molecule has 0 aliphatic heterocycles. The molecule has 1 N–H and O–H groups in total. The summed E-state index contributed by atoms with van der Waals surface area (Å²) in [6.07, 6.45) is 0.818. The smallest absolute Gasteiger partial charge is 0.325 e. The molecule has 0 bridgehead atoms. The predicted molar refractivity (Wildman–Crippen MR) is 128 cm³/mol. The number of hydrogen-bond donors (Lipinski definition) is 1. The molecule has 0 unspecified atom stereocenters. The fraction of sp³-hybridized carbons (Fsp3) is 0.269. The Kier molecular flexibility index (Phi) is 6.39. The van der Waals surface area contributed by atoms with Crippen molar-refractivity contribution in [2.45, 2.75) is 45.8 Å². The molecule has 0 aliphatic rings. The fourth-order valence-corrected chi connectivity index (χ4v) is 3.85. The van der Waals surface area contributed by atoms with Gasteiger partial charge in [-0.3, -0.25) is 9.69 Å². The van der Waals surface area contributed by atoms with Gasteiger partial charge in [0.1, 0.15) is 17.4 Å². The summed E-state index contributed by atoms with van der Waals surface area (Å²) in [4.78, 5) is 18.3. The van der Waals surface area contributed by atoms with Gasteiger partial charge in [-0.25, -0.2) is 4.98 Å². The lowest BCUT2D eigenvalue weighted by molar-refractivity contribution is -0.117. The highest BCUT2D eigenvalue weighted by Gasteiger charge is 2.33. The first-order valence-corrected chi connectivity index (χ1v) is 11.1. The Morgan fingerprint density at radius 3 is 2.50 bits per heavy atom. The Labute approximate surface area is 197 Å². The van der Waals surface area contributed by atoms with E-state index in [2.05, 4.69) is 21.3 Å². The maximum absolute atomic E-state index is 12.4. The summed E-state index contributed by atoms with van der Waals surface area (Å²) in [6.45, 7) is 5.24. The third-order valence-electron chi connectivity index (χ3n) is 6.01. The number of aliphatic hydroxyl groups is 1. The van der Waals surface area contributed by atoms with Crippen LogP contribution in [-0.4, -0.2) is 26.2 Å². The number of amides is 1. The number of benzene rings is 2. The molecule has 2 aromatic carbocycles. The van der Waals surface area contributed by atoms with Crippen LogP contribution in [0.2, 0.25) is 0 Å². The Morgan fingerprint density at radius 1 is 1.12 bits per heavy atom. The number of nitriles is 1. The molecule has 4 aromatic rings. The van der Waals surface area contributed by atoms with Crippen molar-refractivity contribution in [1.29, 1.82) is 5.26 Å². The first kappa shape index (κ1) is 23.1. The number of hydrogen-bond acceptors (Lipinski definition) is 7. The highest BCUT2D eigenvalue weighted by molar-refractivity contribution is 5.95. The molecule has 8 heteroatoms. The van der Waals surface area contributed by atoms with Crippen LogP contribution >= 0.6 is 0 Å². The van der Waals surface area contributed by atoms with E-state index in [9.17, 15) is 15.2 Å². The quantitative estimate of drug-likeness (QED) is 0.429. The molecule has 1 amide bonds. The summed E-state index contributed by atoms with van der Waals surface area (Å²) >= 11 is 0. The summed E-state index contributed by atoms with van der Waals surface area (Å²) in [5, 5.41) is 29.1. The Morgan fingerprint density at radius 2 is 1.85 bits per heavy atom. The number of nitrogens with zero attached hydrogens (tertiary/aromatic N) is 5. The Bertz CT molecular complexity index is 1370. The molecular weight excluding hydrogens is 430 g/mol. The summed E-state index contributed by atoms with van der Waals surface area (Å²) in [5.74, 6) is -0.194. The lowest BCUT2D eigenvalue weighted by Gasteiger charge is -2.20. The largest absolute Gasteiger partial charge is 0.404 e. The highest BCUT2D eigenvalue weighted by atomic mass is 16.4. The van der Waals surface area contributed by atoms with Crippen molar-refractivity contribution in [1.82, 2.24) is 15.2 Å². The van der Waals surface area contributed by atoms with E-state index in [0.29, 0.717) is 24.1 Å². The van der Waals surface area contributed by atoms with Crippen LogP contribution in [0.1, 0.15) is 50.8 Å². The second kappa shape index (κ2) is 9.41. The minimum atomic E-state index is -1.23. The molecule has 0 fully saturated rings. The molecule has 0 atom stereocenters. The molecule has 0 aliphatic carbocycles. The first-order valence-electron chi connectivity index (χ1n) is 11.1. The van der Waals surface area contributed by atoms with Gasteiger partial charge in [0.25, 0.3) is 0 Å². The SMILES string of the molecule is CCC(O)(CC)c1nnc(N(Cc2ccc3c(-c4ccccc4)cc(C#N)nc3c2)C(C)=O)o1. The van der Waals surface area contributed by atoms with Crippen LogP contribution in [0.15, 0.2) is 59.0 Å². The molecule has 0 saturated heterocycles. The average molecular weight is 456 g/mol. The van der Waals surface area contributed by atoms with E-state index < -0.39 is 5.60 Å². The Hall–Kier alpha value is -4.09. The molecular formula is C26H25N5O3. The Balaban J connectivity index is 1.72. The second-order valence-electron chi connectivity index (χ2n) is 8.12. The second-order valence-corrected chi connectivity index (χ2v) is 8.12. The summed E-state index contributed by atoms with van der Waals surface area (Å²) < 4.78 is 5.70. The van der Waals surface area contributed by atoms with E-state index in [4.69, 9.17) is 4.42 Å². The van der Waals surface area contributed by atoms with Gasteiger partial charge >= 0.3 is 6.01 Å². The number of pyridine rings is 1. The normalized spacial score (nSPS) is 11.4.